The summed E-state index contributed by atoms with van der Waals surface area (Å²) in [7, 11) is 0. The van der Waals surface area contributed by atoms with E-state index in [-0.39, 0.29) is 12.3 Å². The molecule has 2 N–H and O–H groups in total. The minimum Gasteiger partial charge on any atom is -0.392 e. The number of aromatic nitrogens is 4. The molecule has 2 aromatic heterocycles. The van der Waals surface area contributed by atoms with Crippen molar-refractivity contribution in [2.24, 2.45) is 0 Å². The van der Waals surface area contributed by atoms with Gasteiger partial charge in [-0.3, -0.25) is 0 Å². The van der Waals surface area contributed by atoms with Gasteiger partial charge in [0.05, 0.1) is 6.61 Å². The summed E-state index contributed by atoms with van der Waals surface area (Å²) in [5.74, 6) is -0.773. The molecule has 0 saturated carbocycles. The van der Waals surface area contributed by atoms with E-state index in [1.807, 2.05) is 24.3 Å². The lowest BCUT2D eigenvalue weighted by atomic mass is 10.1. The van der Waals surface area contributed by atoms with Gasteiger partial charge in [-0.2, -0.15) is 17.7 Å². The zero-order valence-corrected chi connectivity index (χ0v) is 14.3. The first kappa shape index (κ1) is 18.1. The van der Waals surface area contributed by atoms with Crippen molar-refractivity contribution >= 4 is 11.5 Å². The number of rotatable bonds is 5. The lowest BCUT2D eigenvalue weighted by Gasteiger charge is -2.12. The lowest BCUT2D eigenvalue weighted by molar-refractivity contribution is -0.146. The second-order valence-electron chi connectivity index (χ2n) is 6.01. The van der Waals surface area contributed by atoms with E-state index >= 15 is 0 Å². The third kappa shape index (κ3) is 3.48. The molecule has 0 saturated heterocycles. The first-order chi connectivity index (χ1) is 12.3. The molecule has 0 fully saturated rings. The van der Waals surface area contributed by atoms with Crippen molar-refractivity contribution in [3.8, 4) is 0 Å². The maximum Gasteiger partial charge on any atom is 0.453 e. The predicted molar refractivity (Wildman–Crippen MR) is 89.8 cm³/mol. The number of nitrogens with zero attached hydrogens (tertiary/aromatic N) is 4. The van der Waals surface area contributed by atoms with Crippen LogP contribution >= 0.6 is 0 Å². The molecule has 1 aromatic carbocycles. The van der Waals surface area contributed by atoms with Crippen molar-refractivity contribution in [3.63, 3.8) is 0 Å². The van der Waals surface area contributed by atoms with Crippen LogP contribution in [-0.4, -0.2) is 31.5 Å². The molecule has 9 heteroatoms. The van der Waals surface area contributed by atoms with E-state index in [0.717, 1.165) is 21.2 Å². The van der Waals surface area contributed by atoms with E-state index in [4.69, 9.17) is 5.11 Å². The van der Waals surface area contributed by atoms with Crippen LogP contribution in [0.15, 0.2) is 24.3 Å². The van der Waals surface area contributed by atoms with Crippen molar-refractivity contribution in [3.05, 3.63) is 52.3 Å². The Labute approximate surface area is 147 Å². The predicted octanol–water partition coefficient (Wildman–Crippen LogP) is 2.91. The Hall–Kier alpha value is -2.68. The highest BCUT2D eigenvalue weighted by Crippen LogP contribution is 2.29. The van der Waals surface area contributed by atoms with E-state index in [2.05, 4.69) is 20.6 Å². The minimum atomic E-state index is -4.63. The maximum absolute atomic E-state index is 13.0. The quantitative estimate of drug-likeness (QED) is 0.727. The molecule has 0 spiro atoms. The van der Waals surface area contributed by atoms with Gasteiger partial charge in [0.2, 0.25) is 0 Å². The lowest BCUT2D eigenvalue weighted by Crippen LogP contribution is -2.16. The number of aliphatic hydroxyl groups is 1. The zero-order valence-electron chi connectivity index (χ0n) is 14.3. The Bertz CT molecular complexity index is 919. The fourth-order valence-electron chi connectivity index (χ4n) is 2.61. The number of anilines is 1. The third-order valence-electron chi connectivity index (χ3n) is 4.26. The van der Waals surface area contributed by atoms with Crippen LogP contribution < -0.4 is 5.32 Å². The summed E-state index contributed by atoms with van der Waals surface area (Å²) in [6.07, 6.45) is -3.96. The Balaban J connectivity index is 1.81. The van der Waals surface area contributed by atoms with Crippen LogP contribution in [0.2, 0.25) is 0 Å². The van der Waals surface area contributed by atoms with Crippen LogP contribution in [0.3, 0.4) is 0 Å². The molecule has 0 aliphatic rings. The monoisotopic (exact) mass is 365 g/mol. The summed E-state index contributed by atoms with van der Waals surface area (Å²) in [5, 5.41) is 23.0. The average Bonchev–Trinajstić information content (AvgIpc) is 3.04. The maximum atomic E-state index is 13.0. The molecule has 0 aliphatic heterocycles. The van der Waals surface area contributed by atoms with E-state index < -0.39 is 12.0 Å². The number of benzene rings is 1. The van der Waals surface area contributed by atoms with Crippen LogP contribution in [0.4, 0.5) is 19.0 Å². The summed E-state index contributed by atoms with van der Waals surface area (Å²) in [5.41, 5.74) is 3.30. The number of aliphatic hydroxyl groups excluding tert-OH is 1. The topological polar surface area (TPSA) is 75.3 Å². The smallest absolute Gasteiger partial charge is 0.392 e. The third-order valence-corrected chi connectivity index (χ3v) is 4.26. The van der Waals surface area contributed by atoms with Crippen LogP contribution in [-0.2, 0) is 19.2 Å². The van der Waals surface area contributed by atoms with Gasteiger partial charge < -0.3 is 10.4 Å². The highest BCUT2D eigenvalue weighted by atomic mass is 19.4. The summed E-state index contributed by atoms with van der Waals surface area (Å²) in [6.45, 7) is 3.96. The SMILES string of the molecule is Cc1c(NCCc2ccc(CO)cc2)nn2c(C(F)(F)F)nnc2c1C. The summed E-state index contributed by atoms with van der Waals surface area (Å²) in [4.78, 5) is 0. The number of halogens is 3. The highest BCUT2D eigenvalue weighted by Gasteiger charge is 2.38. The van der Waals surface area contributed by atoms with Gasteiger partial charge >= 0.3 is 6.18 Å². The molecular formula is C17H18F3N5O. The molecule has 0 atom stereocenters. The van der Waals surface area contributed by atoms with Gasteiger partial charge in [0.15, 0.2) is 5.65 Å². The van der Waals surface area contributed by atoms with Crippen molar-refractivity contribution in [2.75, 3.05) is 11.9 Å². The van der Waals surface area contributed by atoms with E-state index in [1.54, 1.807) is 13.8 Å². The Kier molecular flexibility index (Phi) is 4.82. The highest BCUT2D eigenvalue weighted by molar-refractivity contribution is 5.58. The first-order valence-electron chi connectivity index (χ1n) is 8.03. The largest absolute Gasteiger partial charge is 0.453 e. The standard InChI is InChI=1S/C17H18F3N5O/c1-10-11(2)15-22-23-16(17(18,19)20)25(15)24-14(10)21-8-7-12-3-5-13(9-26)6-4-12/h3-6,26H,7-9H2,1-2H3,(H,21,24). The minimum absolute atomic E-state index is 0.0125. The van der Waals surface area contributed by atoms with Crippen LogP contribution in [0.1, 0.15) is 28.1 Å². The first-order valence-corrected chi connectivity index (χ1v) is 8.03. The number of hydrogen-bond donors (Lipinski definition) is 2. The summed E-state index contributed by atoms with van der Waals surface area (Å²) in [6, 6.07) is 7.48. The van der Waals surface area contributed by atoms with Crippen LogP contribution in [0, 0.1) is 13.8 Å². The van der Waals surface area contributed by atoms with Crippen LogP contribution in [0.5, 0.6) is 0 Å². The Morgan fingerprint density at radius 2 is 1.69 bits per heavy atom. The molecule has 0 unspecified atom stereocenters. The molecule has 26 heavy (non-hydrogen) atoms. The van der Waals surface area contributed by atoms with Crippen molar-refractivity contribution in [1.82, 2.24) is 19.8 Å². The molecule has 3 aromatic rings. The van der Waals surface area contributed by atoms with Crippen LogP contribution in [0.25, 0.3) is 5.65 Å². The fraction of sp³-hybridized carbons (Fsp3) is 0.353. The number of alkyl halides is 3. The number of hydrogen-bond acceptors (Lipinski definition) is 5. The number of fused-ring (bicyclic) bond motifs is 1. The summed E-state index contributed by atoms with van der Waals surface area (Å²) < 4.78 is 39.9. The van der Waals surface area contributed by atoms with Gasteiger partial charge in [-0.15, -0.1) is 15.3 Å². The van der Waals surface area contributed by atoms with Crippen molar-refractivity contribution in [2.45, 2.75) is 33.1 Å². The fourth-order valence-corrected chi connectivity index (χ4v) is 2.61. The second-order valence-corrected chi connectivity index (χ2v) is 6.01. The average molecular weight is 365 g/mol. The number of aryl methyl sites for hydroxylation is 1. The Morgan fingerprint density at radius 3 is 2.31 bits per heavy atom. The van der Waals surface area contributed by atoms with Crippen molar-refractivity contribution < 1.29 is 18.3 Å². The molecule has 6 nitrogen and oxygen atoms in total. The van der Waals surface area contributed by atoms with E-state index in [1.165, 1.54) is 0 Å². The molecule has 0 radical (unpaired) electrons. The van der Waals surface area contributed by atoms with Gasteiger partial charge in [0.1, 0.15) is 5.82 Å². The van der Waals surface area contributed by atoms with Gasteiger partial charge in [-0.25, -0.2) is 0 Å². The van der Waals surface area contributed by atoms with Gasteiger partial charge in [-0.1, -0.05) is 24.3 Å². The van der Waals surface area contributed by atoms with E-state index in [0.29, 0.717) is 24.3 Å². The molecule has 0 amide bonds. The van der Waals surface area contributed by atoms with Gasteiger partial charge in [0.25, 0.3) is 5.82 Å². The molecule has 0 bridgehead atoms. The zero-order chi connectivity index (χ0) is 18.9. The number of nitrogens with one attached hydrogen (secondary N) is 1. The summed E-state index contributed by atoms with van der Waals surface area (Å²) >= 11 is 0. The normalized spacial score (nSPS) is 11.9. The van der Waals surface area contributed by atoms with Gasteiger partial charge in [-0.05, 0) is 37.0 Å². The Morgan fingerprint density at radius 1 is 1.04 bits per heavy atom. The molecule has 138 valence electrons. The second kappa shape index (κ2) is 6.91. The molecule has 3 rings (SSSR count). The molecular weight excluding hydrogens is 347 g/mol. The molecule has 2 heterocycles. The molecule has 0 aliphatic carbocycles. The van der Waals surface area contributed by atoms with E-state index in [9.17, 15) is 13.2 Å². The van der Waals surface area contributed by atoms with Gasteiger partial charge in [0, 0.05) is 12.1 Å². The van der Waals surface area contributed by atoms with Crippen molar-refractivity contribution in [1.29, 1.82) is 0 Å².